The molecule has 1 saturated carbocycles. The van der Waals surface area contributed by atoms with E-state index in [2.05, 4.69) is 5.32 Å². The maximum Gasteiger partial charge on any atom is 0.323 e. The highest BCUT2D eigenvalue weighted by Gasteiger charge is 2.30. The number of nitrogens with one attached hydrogen (secondary N) is 1. The van der Waals surface area contributed by atoms with E-state index in [0.717, 1.165) is 25.7 Å². The predicted molar refractivity (Wildman–Crippen MR) is 76.0 cm³/mol. The van der Waals surface area contributed by atoms with E-state index in [1.54, 1.807) is 0 Å². The maximum absolute atomic E-state index is 12.3. The summed E-state index contributed by atoms with van der Waals surface area (Å²) in [6, 6.07) is -0.210. The number of carbonyl (C=O) groups is 2. The van der Waals surface area contributed by atoms with Gasteiger partial charge in [-0.15, -0.1) is 0 Å². The predicted octanol–water partition coefficient (Wildman–Crippen LogP) is 0.936. The van der Waals surface area contributed by atoms with Gasteiger partial charge in [-0.25, -0.2) is 4.79 Å². The maximum atomic E-state index is 12.3. The number of hydrogen-bond acceptors (Lipinski definition) is 3. The topological polar surface area (TPSA) is 86.7 Å². The summed E-state index contributed by atoms with van der Waals surface area (Å²) in [5.74, 6) is 0.262. The molecule has 0 radical (unpaired) electrons. The van der Waals surface area contributed by atoms with Crippen LogP contribution in [0.1, 0.15) is 38.5 Å². The van der Waals surface area contributed by atoms with E-state index >= 15 is 0 Å². The minimum Gasteiger partial charge on any atom is -0.480 e. The van der Waals surface area contributed by atoms with Crippen molar-refractivity contribution in [3.8, 4) is 0 Å². The van der Waals surface area contributed by atoms with Gasteiger partial charge in [0.15, 0.2) is 0 Å². The van der Waals surface area contributed by atoms with Crippen LogP contribution in [0.2, 0.25) is 0 Å². The lowest BCUT2D eigenvalue weighted by Crippen LogP contribution is -2.51. The van der Waals surface area contributed by atoms with E-state index in [1.165, 1.54) is 4.90 Å². The zero-order valence-corrected chi connectivity index (χ0v) is 12.4. The molecule has 0 atom stereocenters. The molecule has 20 heavy (non-hydrogen) atoms. The summed E-state index contributed by atoms with van der Waals surface area (Å²) in [7, 11) is -0.757. The monoisotopic (exact) mass is 302 g/mol. The van der Waals surface area contributed by atoms with E-state index < -0.39 is 16.8 Å². The van der Waals surface area contributed by atoms with Crippen LogP contribution in [-0.2, 0) is 15.6 Å². The van der Waals surface area contributed by atoms with E-state index in [9.17, 15) is 13.8 Å². The molecular weight excluding hydrogens is 280 g/mol. The van der Waals surface area contributed by atoms with Crippen LogP contribution in [0.4, 0.5) is 4.79 Å². The van der Waals surface area contributed by atoms with Crippen molar-refractivity contribution in [2.24, 2.45) is 0 Å². The fraction of sp³-hybridized carbons (Fsp3) is 0.846. The fourth-order valence-electron chi connectivity index (χ4n) is 2.92. The van der Waals surface area contributed by atoms with Crippen LogP contribution in [0.15, 0.2) is 0 Å². The molecule has 2 amide bonds. The smallest absolute Gasteiger partial charge is 0.323 e. The third kappa shape index (κ3) is 4.19. The van der Waals surface area contributed by atoms with Crippen LogP contribution in [0, 0.1) is 0 Å². The van der Waals surface area contributed by atoms with Crippen LogP contribution in [0.5, 0.6) is 0 Å². The molecule has 2 aliphatic rings. The van der Waals surface area contributed by atoms with Gasteiger partial charge in [-0.1, -0.05) is 12.8 Å². The number of nitrogens with zero attached hydrogens (tertiary/aromatic N) is 1. The molecule has 2 N–H and O–H groups in total. The Kier molecular flexibility index (Phi) is 5.39. The van der Waals surface area contributed by atoms with Gasteiger partial charge < -0.3 is 15.3 Å². The number of carboxylic acids is 1. The summed E-state index contributed by atoms with van der Waals surface area (Å²) >= 11 is 0. The second-order valence-corrected chi connectivity index (χ2v) is 7.23. The van der Waals surface area contributed by atoms with Crippen molar-refractivity contribution >= 4 is 22.8 Å². The molecule has 1 aliphatic carbocycles. The first-order valence-electron chi connectivity index (χ1n) is 7.20. The molecule has 1 heterocycles. The summed E-state index contributed by atoms with van der Waals surface area (Å²) in [5, 5.41) is 11.9. The van der Waals surface area contributed by atoms with Crippen molar-refractivity contribution in [2.45, 2.75) is 50.6 Å². The van der Waals surface area contributed by atoms with E-state index in [-0.39, 0.29) is 24.7 Å². The van der Waals surface area contributed by atoms with E-state index in [4.69, 9.17) is 5.11 Å². The molecule has 0 aromatic heterocycles. The first-order chi connectivity index (χ1) is 9.56. The van der Waals surface area contributed by atoms with Gasteiger partial charge in [-0.05, 0) is 25.7 Å². The fourth-order valence-corrected chi connectivity index (χ4v) is 4.22. The Hall–Kier alpha value is -1.11. The first-order valence-corrected chi connectivity index (χ1v) is 8.69. The standard InChI is InChI=1S/C13H22N2O4S/c16-12(17)9-15(11-3-1-2-4-11)13(18)14-10-5-7-20(19)8-6-10/h10-11H,1-9H2,(H,14,18)(H,16,17). The number of carboxylic acid groups (broad SMARTS) is 1. The first kappa shape index (κ1) is 15.3. The molecule has 6 nitrogen and oxygen atoms in total. The second-order valence-electron chi connectivity index (χ2n) is 5.53. The Morgan fingerprint density at radius 3 is 2.30 bits per heavy atom. The van der Waals surface area contributed by atoms with Crippen molar-refractivity contribution in [1.82, 2.24) is 10.2 Å². The number of amides is 2. The molecule has 7 heteroatoms. The average molecular weight is 302 g/mol. The summed E-state index contributed by atoms with van der Waals surface area (Å²) in [5.41, 5.74) is 0. The number of urea groups is 1. The van der Waals surface area contributed by atoms with Gasteiger partial charge in [0.05, 0.1) is 0 Å². The SMILES string of the molecule is O=C(O)CN(C(=O)NC1CCS(=O)CC1)C1CCCC1. The molecular formula is C13H22N2O4S. The van der Waals surface area contributed by atoms with Crippen molar-refractivity contribution in [2.75, 3.05) is 18.1 Å². The minimum atomic E-state index is -0.975. The van der Waals surface area contributed by atoms with Crippen LogP contribution in [0.3, 0.4) is 0 Å². The lowest BCUT2D eigenvalue weighted by molar-refractivity contribution is -0.138. The Balaban J connectivity index is 1.91. The molecule has 0 aromatic rings. The molecule has 0 spiro atoms. The van der Waals surface area contributed by atoms with Crippen molar-refractivity contribution in [3.63, 3.8) is 0 Å². The van der Waals surface area contributed by atoms with Gasteiger partial charge in [-0.2, -0.15) is 0 Å². The van der Waals surface area contributed by atoms with Crippen LogP contribution in [0.25, 0.3) is 0 Å². The summed E-state index contributed by atoms with van der Waals surface area (Å²) in [4.78, 5) is 24.7. The Morgan fingerprint density at radius 2 is 1.75 bits per heavy atom. The molecule has 0 bridgehead atoms. The van der Waals surface area contributed by atoms with Gasteiger partial charge in [0, 0.05) is 34.4 Å². The number of rotatable bonds is 4. The normalized spacial score (nSPS) is 27.2. The molecule has 114 valence electrons. The molecule has 0 unspecified atom stereocenters. The molecule has 1 aliphatic heterocycles. The zero-order valence-electron chi connectivity index (χ0n) is 11.5. The van der Waals surface area contributed by atoms with Gasteiger partial charge in [0.25, 0.3) is 0 Å². The largest absolute Gasteiger partial charge is 0.480 e. The molecule has 2 rings (SSSR count). The minimum absolute atomic E-state index is 0.0258. The summed E-state index contributed by atoms with van der Waals surface area (Å²) in [6.07, 6.45) is 5.30. The number of carbonyl (C=O) groups excluding carboxylic acids is 1. The highest BCUT2D eigenvalue weighted by atomic mass is 32.2. The van der Waals surface area contributed by atoms with Crippen molar-refractivity contribution < 1.29 is 18.9 Å². The summed E-state index contributed by atoms with van der Waals surface area (Å²) < 4.78 is 11.3. The number of hydrogen-bond donors (Lipinski definition) is 2. The van der Waals surface area contributed by atoms with Crippen molar-refractivity contribution in [3.05, 3.63) is 0 Å². The highest BCUT2D eigenvalue weighted by Crippen LogP contribution is 2.23. The van der Waals surface area contributed by atoms with Gasteiger partial charge in [0.1, 0.15) is 6.54 Å². The van der Waals surface area contributed by atoms with Crippen LogP contribution < -0.4 is 5.32 Å². The lowest BCUT2D eigenvalue weighted by atomic mass is 10.1. The average Bonchev–Trinajstić information content (AvgIpc) is 2.92. The van der Waals surface area contributed by atoms with Gasteiger partial charge in [0.2, 0.25) is 0 Å². The van der Waals surface area contributed by atoms with Gasteiger partial charge in [-0.3, -0.25) is 9.00 Å². The zero-order chi connectivity index (χ0) is 14.5. The number of aliphatic carboxylic acids is 1. The van der Waals surface area contributed by atoms with E-state index in [1.807, 2.05) is 0 Å². The third-order valence-electron chi connectivity index (χ3n) is 4.05. The summed E-state index contributed by atoms with van der Waals surface area (Å²) in [6.45, 7) is -0.241. The Morgan fingerprint density at radius 1 is 1.15 bits per heavy atom. The van der Waals surface area contributed by atoms with Crippen molar-refractivity contribution in [1.29, 1.82) is 0 Å². The van der Waals surface area contributed by atoms with Crippen LogP contribution >= 0.6 is 0 Å². The molecule has 2 fully saturated rings. The highest BCUT2D eigenvalue weighted by molar-refractivity contribution is 7.85. The second kappa shape index (κ2) is 7.06. The van der Waals surface area contributed by atoms with Crippen LogP contribution in [-0.4, -0.2) is 56.3 Å². The van der Waals surface area contributed by atoms with Gasteiger partial charge >= 0.3 is 12.0 Å². The third-order valence-corrected chi connectivity index (χ3v) is 5.43. The molecule has 1 saturated heterocycles. The quantitative estimate of drug-likeness (QED) is 0.809. The Labute approximate surface area is 121 Å². The Bertz CT molecular complexity index is 386. The molecule has 0 aromatic carbocycles. The lowest BCUT2D eigenvalue weighted by Gasteiger charge is -2.31. The van der Waals surface area contributed by atoms with E-state index in [0.29, 0.717) is 24.3 Å².